The van der Waals surface area contributed by atoms with E-state index in [9.17, 15) is 14.7 Å². The van der Waals surface area contributed by atoms with Gasteiger partial charge in [0.25, 0.3) is 5.78 Å². The van der Waals surface area contributed by atoms with Crippen molar-refractivity contribution in [2.75, 3.05) is 11.5 Å². The maximum Gasteiger partial charge on any atom is 0.301 e. The van der Waals surface area contributed by atoms with Crippen LogP contribution in [0.15, 0.2) is 66.2 Å². The number of aliphatic hydroxyl groups is 1. The Hall–Kier alpha value is -3.97. The van der Waals surface area contributed by atoms with Crippen molar-refractivity contribution < 1.29 is 19.4 Å². The number of nitrogens with zero attached hydrogens (tertiary/aromatic N) is 2. The van der Waals surface area contributed by atoms with Gasteiger partial charge in [-0.15, -0.1) is 0 Å². The van der Waals surface area contributed by atoms with Gasteiger partial charge in [-0.05, 0) is 66.6 Å². The number of carbonyl (C=O) groups is 2. The molecular weight excluding hydrogens is 508 g/mol. The molecule has 7 heteroatoms. The van der Waals surface area contributed by atoms with Gasteiger partial charge in [0.15, 0.2) is 5.13 Å². The van der Waals surface area contributed by atoms with Gasteiger partial charge in [-0.1, -0.05) is 74.6 Å². The lowest BCUT2D eigenvalue weighted by atomic mass is 9.93. The van der Waals surface area contributed by atoms with Crippen molar-refractivity contribution in [2.24, 2.45) is 0 Å². The second-order valence-corrected chi connectivity index (χ2v) is 11.3. The summed E-state index contributed by atoms with van der Waals surface area (Å²) in [6, 6.07) is 18.1. The van der Waals surface area contributed by atoms with Gasteiger partial charge < -0.3 is 9.84 Å². The number of benzene rings is 3. The largest absolute Gasteiger partial charge is 0.507 e. The summed E-state index contributed by atoms with van der Waals surface area (Å²) in [5.74, 6) is -0.764. The van der Waals surface area contributed by atoms with Gasteiger partial charge in [-0.2, -0.15) is 0 Å². The van der Waals surface area contributed by atoms with Crippen molar-refractivity contribution in [1.82, 2.24) is 4.98 Å². The van der Waals surface area contributed by atoms with Crippen LogP contribution >= 0.6 is 11.3 Å². The Morgan fingerprint density at radius 3 is 2.51 bits per heavy atom. The second-order valence-electron chi connectivity index (χ2n) is 10.3. The normalized spacial score (nSPS) is 17.0. The smallest absolute Gasteiger partial charge is 0.301 e. The van der Waals surface area contributed by atoms with Crippen molar-refractivity contribution >= 4 is 44.1 Å². The number of ether oxygens (including phenoxy) is 1. The topological polar surface area (TPSA) is 79.7 Å². The van der Waals surface area contributed by atoms with E-state index in [4.69, 9.17) is 9.72 Å². The van der Waals surface area contributed by atoms with Crippen LogP contribution in [0.3, 0.4) is 0 Å². The van der Waals surface area contributed by atoms with Crippen LogP contribution in [0, 0.1) is 13.8 Å². The molecule has 1 fully saturated rings. The maximum atomic E-state index is 13.6. The number of amides is 1. The molecule has 3 aromatic carbocycles. The van der Waals surface area contributed by atoms with Crippen LogP contribution in [-0.4, -0.2) is 28.4 Å². The highest BCUT2D eigenvalue weighted by Crippen LogP contribution is 2.45. The lowest BCUT2D eigenvalue weighted by Gasteiger charge is -2.23. The van der Waals surface area contributed by atoms with Gasteiger partial charge in [0, 0.05) is 5.56 Å². The number of thiazole rings is 1. The van der Waals surface area contributed by atoms with E-state index in [1.165, 1.54) is 16.2 Å². The van der Waals surface area contributed by atoms with Crippen LogP contribution < -0.4 is 9.64 Å². The van der Waals surface area contributed by atoms with Gasteiger partial charge in [-0.25, -0.2) is 4.98 Å². The lowest BCUT2D eigenvalue weighted by molar-refractivity contribution is -0.132. The molecule has 0 saturated carbocycles. The third kappa shape index (κ3) is 4.94. The summed E-state index contributed by atoms with van der Waals surface area (Å²) < 4.78 is 6.69. The van der Waals surface area contributed by atoms with Crippen molar-refractivity contribution in [3.8, 4) is 5.75 Å². The molecule has 0 aliphatic carbocycles. The fraction of sp³-hybridized carbons (Fsp3) is 0.281. The fourth-order valence-corrected chi connectivity index (χ4v) is 6.15. The summed E-state index contributed by atoms with van der Waals surface area (Å²) in [5, 5.41) is 12.0. The van der Waals surface area contributed by atoms with Gasteiger partial charge in [-0.3, -0.25) is 14.5 Å². The van der Waals surface area contributed by atoms with E-state index in [2.05, 4.69) is 19.9 Å². The molecule has 0 radical (unpaired) electrons. The summed E-state index contributed by atoms with van der Waals surface area (Å²) in [6.45, 7) is 10.8. The number of hydrogen-bond donors (Lipinski definition) is 1. The molecule has 1 N–H and O–H groups in total. The number of fused-ring (bicyclic) bond motifs is 1. The Morgan fingerprint density at radius 1 is 1.08 bits per heavy atom. The molecule has 0 bridgehead atoms. The fourth-order valence-electron chi connectivity index (χ4n) is 4.98. The zero-order valence-electron chi connectivity index (χ0n) is 22.8. The highest BCUT2D eigenvalue weighted by molar-refractivity contribution is 7.22. The van der Waals surface area contributed by atoms with E-state index in [1.807, 2.05) is 51.1 Å². The van der Waals surface area contributed by atoms with Crippen LogP contribution in [0.4, 0.5) is 5.13 Å². The Morgan fingerprint density at radius 2 is 1.82 bits per heavy atom. The van der Waals surface area contributed by atoms with Gasteiger partial charge in [0.05, 0.1) is 28.4 Å². The molecule has 6 nitrogen and oxygen atoms in total. The average molecular weight is 541 g/mol. The minimum atomic E-state index is -0.826. The highest BCUT2D eigenvalue weighted by Gasteiger charge is 2.48. The highest BCUT2D eigenvalue weighted by atomic mass is 32.1. The SMILES string of the molecule is CCCOc1cccc(/C(O)=C2\C(=O)C(=O)N(c3nc4c(C)cc(C)cc4s3)C2c2ccc(C(C)C)cc2)c1. The van der Waals surface area contributed by atoms with Gasteiger partial charge in [0.1, 0.15) is 11.5 Å². The molecule has 39 heavy (non-hydrogen) atoms. The van der Waals surface area contributed by atoms with Crippen LogP contribution in [0.2, 0.25) is 0 Å². The van der Waals surface area contributed by atoms with Gasteiger partial charge >= 0.3 is 5.91 Å². The van der Waals surface area contributed by atoms with E-state index < -0.39 is 17.7 Å². The predicted molar refractivity (Wildman–Crippen MR) is 157 cm³/mol. The zero-order chi connectivity index (χ0) is 27.8. The zero-order valence-corrected chi connectivity index (χ0v) is 23.6. The molecule has 1 atom stereocenters. The van der Waals surface area contributed by atoms with Crippen LogP contribution in [-0.2, 0) is 9.59 Å². The molecule has 200 valence electrons. The first kappa shape index (κ1) is 26.6. The molecule has 4 aromatic rings. The van der Waals surface area contributed by atoms with E-state index in [0.29, 0.717) is 29.0 Å². The first-order valence-corrected chi connectivity index (χ1v) is 14.0. The molecule has 2 heterocycles. The number of ketones is 1. The van der Waals surface area contributed by atoms with Crippen molar-refractivity contribution in [2.45, 2.75) is 53.0 Å². The monoisotopic (exact) mass is 540 g/mol. The molecular formula is C32H32N2O4S. The minimum absolute atomic E-state index is 0.0390. The molecule has 0 spiro atoms. The number of hydrogen-bond acceptors (Lipinski definition) is 6. The first-order valence-electron chi connectivity index (χ1n) is 13.2. The average Bonchev–Trinajstić information content (AvgIpc) is 3.45. The number of Topliss-reactive ketones (excluding diaryl/α,β-unsaturated/α-hetero) is 1. The number of aromatic nitrogens is 1. The third-order valence-electron chi connectivity index (χ3n) is 6.97. The number of aryl methyl sites for hydroxylation is 2. The molecule has 1 amide bonds. The summed E-state index contributed by atoms with van der Waals surface area (Å²) in [7, 11) is 0. The van der Waals surface area contributed by atoms with Crippen molar-refractivity contribution in [1.29, 1.82) is 0 Å². The third-order valence-corrected chi connectivity index (χ3v) is 7.97. The molecule has 1 unspecified atom stereocenters. The number of aliphatic hydroxyl groups excluding tert-OH is 1. The summed E-state index contributed by atoms with van der Waals surface area (Å²) in [4.78, 5) is 33.5. The van der Waals surface area contributed by atoms with Crippen LogP contribution in [0.1, 0.15) is 67.0 Å². The van der Waals surface area contributed by atoms with Crippen molar-refractivity contribution in [3.05, 3.63) is 94.1 Å². The Balaban J connectivity index is 1.69. The number of carbonyl (C=O) groups excluding carboxylic acids is 2. The molecule has 1 aliphatic heterocycles. The quantitative estimate of drug-likeness (QED) is 0.150. The minimum Gasteiger partial charge on any atom is -0.507 e. The summed E-state index contributed by atoms with van der Waals surface area (Å²) >= 11 is 1.37. The Bertz CT molecular complexity index is 1600. The maximum absolute atomic E-state index is 13.6. The predicted octanol–water partition coefficient (Wildman–Crippen LogP) is 7.45. The van der Waals surface area contributed by atoms with Gasteiger partial charge in [0.2, 0.25) is 0 Å². The molecule has 1 saturated heterocycles. The van der Waals surface area contributed by atoms with E-state index in [1.54, 1.807) is 24.3 Å². The van der Waals surface area contributed by atoms with E-state index >= 15 is 0 Å². The lowest BCUT2D eigenvalue weighted by Crippen LogP contribution is -2.29. The second kappa shape index (κ2) is 10.7. The standard InChI is InChI=1S/C32H32N2O4S/c1-6-14-38-24-9-7-8-23(17-24)29(35)26-28(22-12-10-21(11-13-22)18(2)3)34(31(37)30(26)36)32-33-27-20(5)15-19(4)16-25(27)39-32/h7-13,15-18,28,35H,6,14H2,1-5H3/b29-26+. The molecule has 5 rings (SSSR count). The number of rotatable bonds is 7. The van der Waals surface area contributed by atoms with Crippen LogP contribution in [0.5, 0.6) is 5.75 Å². The number of anilines is 1. The van der Waals surface area contributed by atoms with E-state index in [-0.39, 0.29) is 11.3 Å². The van der Waals surface area contributed by atoms with Crippen LogP contribution in [0.25, 0.3) is 16.0 Å². The molecule has 1 aromatic heterocycles. The summed E-state index contributed by atoms with van der Waals surface area (Å²) in [6.07, 6.45) is 0.842. The van der Waals surface area contributed by atoms with E-state index in [0.717, 1.165) is 38.9 Å². The Kier molecular flexibility index (Phi) is 7.28. The Labute approximate surface area is 232 Å². The first-order chi connectivity index (χ1) is 18.7. The van der Waals surface area contributed by atoms with Crippen molar-refractivity contribution in [3.63, 3.8) is 0 Å². The molecule has 1 aliphatic rings. The summed E-state index contributed by atoms with van der Waals surface area (Å²) in [5.41, 5.74) is 5.23.